The van der Waals surface area contributed by atoms with E-state index >= 15 is 0 Å². The lowest BCUT2D eigenvalue weighted by Crippen LogP contribution is -2.30. The van der Waals surface area contributed by atoms with Crippen molar-refractivity contribution in [3.63, 3.8) is 0 Å². The van der Waals surface area contributed by atoms with Crippen LogP contribution in [-0.2, 0) is 11.3 Å². The first-order chi connectivity index (χ1) is 6.38. The van der Waals surface area contributed by atoms with Gasteiger partial charge in [0.25, 0.3) is 0 Å². The van der Waals surface area contributed by atoms with E-state index in [9.17, 15) is 0 Å². The minimum Gasteiger partial charge on any atom is -0.392 e. The van der Waals surface area contributed by atoms with Crippen LogP contribution in [0.2, 0.25) is 0 Å². The van der Waals surface area contributed by atoms with Crippen molar-refractivity contribution in [2.75, 3.05) is 13.2 Å². The molecule has 0 saturated carbocycles. The lowest BCUT2D eigenvalue weighted by Gasteiger charge is -2.24. The van der Waals surface area contributed by atoms with Crippen molar-refractivity contribution in [2.24, 2.45) is 0 Å². The molecule has 1 aliphatic heterocycles. The van der Waals surface area contributed by atoms with E-state index in [1.807, 2.05) is 0 Å². The van der Waals surface area contributed by atoms with Crippen LogP contribution in [0.5, 0.6) is 0 Å². The lowest BCUT2D eigenvalue weighted by molar-refractivity contribution is 0.0454. The zero-order chi connectivity index (χ0) is 9.10. The molecule has 0 atom stereocenters. The Labute approximate surface area is 80.4 Å². The molecule has 0 spiro atoms. The first-order valence-corrected chi connectivity index (χ1v) is 4.92. The Bertz CT molecular complexity index is 274. The molecule has 0 bridgehead atoms. The Balaban J connectivity index is 1.96. The predicted octanol–water partition coefficient (Wildman–Crippen LogP) is 0.460. The number of nitrogens with zero attached hydrogens (tertiary/aromatic N) is 2. The Morgan fingerprint density at radius 3 is 2.62 bits per heavy atom. The molecule has 70 valence electrons. The van der Waals surface area contributed by atoms with Crippen molar-refractivity contribution in [1.82, 2.24) is 9.97 Å². The first kappa shape index (κ1) is 8.93. The summed E-state index contributed by atoms with van der Waals surface area (Å²) in [5.41, 5.74) is 0.745. The van der Waals surface area contributed by atoms with Crippen molar-refractivity contribution in [2.45, 2.75) is 17.0 Å². The summed E-state index contributed by atoms with van der Waals surface area (Å²) >= 11 is 1.62. The molecular formula is C8H10N2O2S. The minimum absolute atomic E-state index is 0.00249. The fourth-order valence-electron chi connectivity index (χ4n) is 0.917. The molecule has 0 aliphatic carbocycles. The molecule has 0 aromatic carbocycles. The van der Waals surface area contributed by atoms with Gasteiger partial charge in [-0.15, -0.1) is 0 Å². The normalized spacial score (nSPS) is 17.0. The van der Waals surface area contributed by atoms with Crippen LogP contribution < -0.4 is 0 Å². The van der Waals surface area contributed by atoms with E-state index in [0.29, 0.717) is 5.25 Å². The Kier molecular flexibility index (Phi) is 2.77. The number of aromatic nitrogens is 2. The molecule has 0 radical (unpaired) electrons. The van der Waals surface area contributed by atoms with Crippen molar-refractivity contribution < 1.29 is 9.84 Å². The number of aliphatic hydroxyl groups is 1. The van der Waals surface area contributed by atoms with Crippen LogP contribution in [0.25, 0.3) is 0 Å². The van der Waals surface area contributed by atoms with E-state index in [4.69, 9.17) is 9.84 Å². The third kappa shape index (κ3) is 2.18. The molecule has 1 fully saturated rings. The number of ether oxygens (including phenoxy) is 1. The van der Waals surface area contributed by atoms with Gasteiger partial charge in [0, 0.05) is 18.0 Å². The van der Waals surface area contributed by atoms with Crippen LogP contribution in [0.15, 0.2) is 17.6 Å². The molecule has 0 amide bonds. The fraction of sp³-hybridized carbons (Fsp3) is 0.500. The van der Waals surface area contributed by atoms with Crippen LogP contribution in [-0.4, -0.2) is 33.5 Å². The van der Waals surface area contributed by atoms with Gasteiger partial charge >= 0.3 is 0 Å². The van der Waals surface area contributed by atoms with Crippen molar-refractivity contribution in [1.29, 1.82) is 0 Å². The average Bonchev–Trinajstić information content (AvgIpc) is 2.12. The van der Waals surface area contributed by atoms with Gasteiger partial charge in [-0.25, -0.2) is 9.97 Å². The third-order valence-electron chi connectivity index (χ3n) is 1.74. The standard InChI is InChI=1S/C8H10N2O2S/c11-3-6-1-9-8(10-2-6)13-7-4-12-5-7/h1-2,7,11H,3-5H2. The SMILES string of the molecule is OCc1cnc(SC2COC2)nc1. The summed E-state index contributed by atoms with van der Waals surface area (Å²) in [6.45, 7) is 1.57. The summed E-state index contributed by atoms with van der Waals surface area (Å²) in [6.07, 6.45) is 3.30. The highest BCUT2D eigenvalue weighted by molar-refractivity contribution is 7.99. The van der Waals surface area contributed by atoms with Gasteiger partial charge in [0.2, 0.25) is 0 Å². The summed E-state index contributed by atoms with van der Waals surface area (Å²) < 4.78 is 5.04. The largest absolute Gasteiger partial charge is 0.392 e. The number of thioether (sulfide) groups is 1. The highest BCUT2D eigenvalue weighted by Crippen LogP contribution is 2.24. The number of aliphatic hydroxyl groups excluding tert-OH is 1. The van der Waals surface area contributed by atoms with Crippen molar-refractivity contribution in [3.8, 4) is 0 Å². The maximum absolute atomic E-state index is 8.76. The van der Waals surface area contributed by atoms with Crippen LogP contribution in [0, 0.1) is 0 Å². The molecule has 4 nitrogen and oxygen atoms in total. The van der Waals surface area contributed by atoms with Crippen LogP contribution in [0.4, 0.5) is 0 Å². The summed E-state index contributed by atoms with van der Waals surface area (Å²) in [7, 11) is 0. The minimum atomic E-state index is -0.00249. The quantitative estimate of drug-likeness (QED) is 0.715. The van der Waals surface area contributed by atoms with E-state index < -0.39 is 0 Å². The molecule has 1 aromatic heterocycles. The Morgan fingerprint density at radius 2 is 2.15 bits per heavy atom. The molecule has 0 unspecified atom stereocenters. The molecule has 1 saturated heterocycles. The molecule has 1 aliphatic rings. The average molecular weight is 198 g/mol. The highest BCUT2D eigenvalue weighted by atomic mass is 32.2. The van der Waals surface area contributed by atoms with Gasteiger partial charge < -0.3 is 9.84 Å². The van der Waals surface area contributed by atoms with Gasteiger partial charge in [-0.2, -0.15) is 0 Å². The first-order valence-electron chi connectivity index (χ1n) is 4.04. The summed E-state index contributed by atoms with van der Waals surface area (Å²) in [4.78, 5) is 8.22. The second-order valence-corrected chi connectivity index (χ2v) is 4.08. The monoisotopic (exact) mass is 198 g/mol. The zero-order valence-electron chi connectivity index (χ0n) is 7.01. The van der Waals surface area contributed by atoms with E-state index in [0.717, 1.165) is 23.9 Å². The van der Waals surface area contributed by atoms with Gasteiger partial charge in [0.15, 0.2) is 5.16 Å². The van der Waals surface area contributed by atoms with E-state index in [-0.39, 0.29) is 6.61 Å². The summed E-state index contributed by atoms with van der Waals surface area (Å²) in [5, 5.41) is 10.0. The van der Waals surface area contributed by atoms with Crippen LogP contribution in [0.1, 0.15) is 5.56 Å². The lowest BCUT2D eigenvalue weighted by atomic mass is 10.4. The van der Waals surface area contributed by atoms with Gasteiger partial charge in [0.05, 0.1) is 25.1 Å². The molecule has 2 heterocycles. The maximum Gasteiger partial charge on any atom is 0.187 e. The Hall–Kier alpha value is -0.650. The van der Waals surface area contributed by atoms with Crippen LogP contribution in [0.3, 0.4) is 0 Å². The van der Waals surface area contributed by atoms with E-state index in [1.54, 1.807) is 24.2 Å². The fourth-order valence-corrected chi connectivity index (χ4v) is 1.77. The number of hydrogen-bond acceptors (Lipinski definition) is 5. The van der Waals surface area contributed by atoms with Crippen molar-refractivity contribution in [3.05, 3.63) is 18.0 Å². The summed E-state index contributed by atoms with van der Waals surface area (Å²) in [5.74, 6) is 0. The van der Waals surface area contributed by atoms with Crippen molar-refractivity contribution >= 4 is 11.8 Å². The number of hydrogen-bond donors (Lipinski definition) is 1. The van der Waals surface area contributed by atoms with Crippen LogP contribution >= 0.6 is 11.8 Å². The van der Waals surface area contributed by atoms with E-state index in [2.05, 4.69) is 9.97 Å². The Morgan fingerprint density at radius 1 is 1.46 bits per heavy atom. The zero-order valence-corrected chi connectivity index (χ0v) is 7.83. The predicted molar refractivity (Wildman–Crippen MR) is 48.4 cm³/mol. The third-order valence-corrected chi connectivity index (χ3v) is 2.77. The number of rotatable bonds is 3. The molecular weight excluding hydrogens is 188 g/mol. The highest BCUT2D eigenvalue weighted by Gasteiger charge is 2.20. The van der Waals surface area contributed by atoms with Gasteiger partial charge in [-0.3, -0.25) is 0 Å². The molecule has 1 aromatic rings. The van der Waals surface area contributed by atoms with Gasteiger partial charge in [-0.05, 0) is 0 Å². The smallest absolute Gasteiger partial charge is 0.187 e. The topological polar surface area (TPSA) is 55.2 Å². The maximum atomic E-state index is 8.76. The molecule has 13 heavy (non-hydrogen) atoms. The van der Waals surface area contributed by atoms with Gasteiger partial charge in [0.1, 0.15) is 0 Å². The summed E-state index contributed by atoms with van der Waals surface area (Å²) in [6, 6.07) is 0. The second-order valence-electron chi connectivity index (χ2n) is 2.81. The second kappa shape index (κ2) is 4.04. The molecule has 1 N–H and O–H groups in total. The molecule has 5 heteroatoms. The van der Waals surface area contributed by atoms with E-state index in [1.165, 1.54) is 0 Å². The van der Waals surface area contributed by atoms with Gasteiger partial charge in [-0.1, -0.05) is 11.8 Å². The molecule has 2 rings (SSSR count).